The lowest BCUT2D eigenvalue weighted by Crippen LogP contribution is -2.36. The third-order valence-electron chi connectivity index (χ3n) is 2.42. The van der Waals surface area contributed by atoms with Gasteiger partial charge in [0.05, 0.1) is 11.5 Å². The van der Waals surface area contributed by atoms with Crippen LogP contribution in [0.15, 0.2) is 0 Å². The van der Waals surface area contributed by atoms with Crippen LogP contribution in [0.1, 0.15) is 26.2 Å². The summed E-state index contributed by atoms with van der Waals surface area (Å²) in [6.07, 6.45) is -7.51. The SMILES string of the molecule is CCNCCCS(=O)(=O)CCCC(F)(F)C(F)(F)F. The molecule has 0 heterocycles. The lowest BCUT2D eigenvalue weighted by molar-refractivity contribution is -0.284. The van der Waals surface area contributed by atoms with Gasteiger partial charge in [-0.15, -0.1) is 0 Å². The Morgan fingerprint density at radius 2 is 1.53 bits per heavy atom. The highest BCUT2D eigenvalue weighted by molar-refractivity contribution is 7.91. The van der Waals surface area contributed by atoms with Crippen LogP contribution in [0.4, 0.5) is 22.0 Å². The molecule has 0 fully saturated rings. The van der Waals surface area contributed by atoms with Gasteiger partial charge in [0.1, 0.15) is 9.84 Å². The van der Waals surface area contributed by atoms with Crippen molar-refractivity contribution in [3.05, 3.63) is 0 Å². The van der Waals surface area contributed by atoms with Crippen LogP contribution in [-0.2, 0) is 9.84 Å². The van der Waals surface area contributed by atoms with Gasteiger partial charge >= 0.3 is 12.1 Å². The van der Waals surface area contributed by atoms with E-state index < -0.39 is 40.5 Å². The second-order valence-corrected chi connectivity index (χ2v) is 6.47. The smallest absolute Gasteiger partial charge is 0.317 e. The van der Waals surface area contributed by atoms with Crippen LogP contribution >= 0.6 is 0 Å². The molecule has 0 aliphatic carbocycles. The Kier molecular flexibility index (Phi) is 7.20. The highest BCUT2D eigenvalue weighted by Crippen LogP contribution is 2.38. The van der Waals surface area contributed by atoms with E-state index in [-0.39, 0.29) is 5.75 Å². The van der Waals surface area contributed by atoms with Crippen LogP contribution in [0.5, 0.6) is 0 Å². The van der Waals surface area contributed by atoms with Crippen molar-refractivity contribution in [3.63, 3.8) is 0 Å². The van der Waals surface area contributed by atoms with Crippen molar-refractivity contribution in [2.24, 2.45) is 0 Å². The van der Waals surface area contributed by atoms with E-state index in [9.17, 15) is 30.4 Å². The molecular weight excluding hydrogens is 293 g/mol. The van der Waals surface area contributed by atoms with E-state index in [1.165, 1.54) is 0 Å². The van der Waals surface area contributed by atoms with Gasteiger partial charge in [-0.2, -0.15) is 22.0 Å². The fraction of sp³-hybridized carbons (Fsp3) is 1.00. The Balaban J connectivity index is 4.06. The van der Waals surface area contributed by atoms with E-state index in [0.29, 0.717) is 19.5 Å². The summed E-state index contributed by atoms with van der Waals surface area (Å²) < 4.78 is 83.3. The maximum absolute atomic E-state index is 12.5. The first-order valence-corrected chi connectivity index (χ1v) is 7.69. The minimum Gasteiger partial charge on any atom is -0.317 e. The van der Waals surface area contributed by atoms with E-state index in [2.05, 4.69) is 5.32 Å². The Hall–Kier alpha value is -0.440. The molecular formula is C10H18F5NO2S. The van der Waals surface area contributed by atoms with Crippen LogP contribution < -0.4 is 5.32 Å². The average molecular weight is 311 g/mol. The van der Waals surface area contributed by atoms with Crippen molar-refractivity contribution in [1.82, 2.24) is 5.32 Å². The monoisotopic (exact) mass is 311 g/mol. The van der Waals surface area contributed by atoms with Crippen molar-refractivity contribution >= 4 is 9.84 Å². The Labute approximate surface area is 109 Å². The number of sulfone groups is 1. The quantitative estimate of drug-likeness (QED) is 0.525. The van der Waals surface area contributed by atoms with E-state index >= 15 is 0 Å². The molecule has 9 heteroatoms. The van der Waals surface area contributed by atoms with Crippen LogP contribution in [-0.4, -0.2) is 45.1 Å². The van der Waals surface area contributed by atoms with Crippen molar-refractivity contribution in [3.8, 4) is 0 Å². The van der Waals surface area contributed by atoms with Crippen molar-refractivity contribution in [1.29, 1.82) is 0 Å². The van der Waals surface area contributed by atoms with E-state index in [1.54, 1.807) is 0 Å². The Morgan fingerprint density at radius 3 is 2.00 bits per heavy atom. The Morgan fingerprint density at radius 1 is 1.00 bits per heavy atom. The van der Waals surface area contributed by atoms with Gasteiger partial charge in [-0.25, -0.2) is 8.42 Å². The highest BCUT2D eigenvalue weighted by Gasteiger charge is 2.56. The first kappa shape index (κ1) is 18.6. The molecule has 0 amide bonds. The average Bonchev–Trinajstić information content (AvgIpc) is 2.22. The fourth-order valence-corrected chi connectivity index (χ4v) is 2.72. The molecule has 0 unspecified atom stereocenters. The zero-order valence-electron chi connectivity index (χ0n) is 10.6. The second kappa shape index (κ2) is 7.37. The maximum Gasteiger partial charge on any atom is 0.453 e. The molecule has 0 bridgehead atoms. The third kappa shape index (κ3) is 7.66. The largest absolute Gasteiger partial charge is 0.453 e. The summed E-state index contributed by atoms with van der Waals surface area (Å²) in [5.74, 6) is -5.69. The lowest BCUT2D eigenvalue weighted by Gasteiger charge is -2.19. The lowest BCUT2D eigenvalue weighted by atomic mass is 10.2. The van der Waals surface area contributed by atoms with Gasteiger partial charge in [-0.05, 0) is 25.9 Å². The molecule has 0 aliphatic heterocycles. The molecule has 116 valence electrons. The second-order valence-electron chi connectivity index (χ2n) is 4.16. The first-order valence-electron chi connectivity index (χ1n) is 5.87. The highest BCUT2D eigenvalue weighted by atomic mass is 32.2. The van der Waals surface area contributed by atoms with Gasteiger partial charge in [0.15, 0.2) is 0 Å². The molecule has 0 aromatic rings. The maximum atomic E-state index is 12.5. The minimum atomic E-state index is -5.62. The molecule has 19 heavy (non-hydrogen) atoms. The first-order chi connectivity index (χ1) is 8.52. The molecule has 0 aromatic heterocycles. The van der Waals surface area contributed by atoms with E-state index in [0.717, 1.165) is 0 Å². The van der Waals surface area contributed by atoms with Gasteiger partial charge in [0.2, 0.25) is 0 Å². The summed E-state index contributed by atoms with van der Waals surface area (Å²) >= 11 is 0. The van der Waals surface area contributed by atoms with Crippen molar-refractivity contribution < 1.29 is 30.4 Å². The van der Waals surface area contributed by atoms with Gasteiger partial charge in [-0.3, -0.25) is 0 Å². The van der Waals surface area contributed by atoms with E-state index in [1.807, 2.05) is 6.92 Å². The number of hydrogen-bond donors (Lipinski definition) is 1. The fourth-order valence-electron chi connectivity index (χ4n) is 1.35. The van der Waals surface area contributed by atoms with Gasteiger partial charge in [0.25, 0.3) is 0 Å². The molecule has 0 atom stereocenters. The van der Waals surface area contributed by atoms with Crippen LogP contribution in [0.3, 0.4) is 0 Å². The molecule has 0 saturated carbocycles. The number of halogens is 5. The number of nitrogens with one attached hydrogen (secondary N) is 1. The summed E-state index contributed by atoms with van der Waals surface area (Å²) in [6, 6.07) is 0. The molecule has 3 nitrogen and oxygen atoms in total. The normalized spacial score (nSPS) is 13.8. The predicted octanol–water partition coefficient (Wildman–Crippen LogP) is 2.38. The standard InChI is InChI=1S/C10H18F5NO2S/c1-2-16-6-4-8-19(17,18)7-3-5-9(11,12)10(13,14)15/h16H,2-8H2,1H3. The molecule has 0 aromatic carbocycles. The topological polar surface area (TPSA) is 46.2 Å². The van der Waals surface area contributed by atoms with Gasteiger partial charge in [-0.1, -0.05) is 6.92 Å². The zero-order valence-corrected chi connectivity index (χ0v) is 11.4. The van der Waals surface area contributed by atoms with Crippen molar-refractivity contribution in [2.75, 3.05) is 24.6 Å². The van der Waals surface area contributed by atoms with Gasteiger partial charge < -0.3 is 5.32 Å². The van der Waals surface area contributed by atoms with E-state index in [4.69, 9.17) is 0 Å². The van der Waals surface area contributed by atoms with Crippen LogP contribution in [0.2, 0.25) is 0 Å². The minimum absolute atomic E-state index is 0.211. The number of rotatable bonds is 9. The molecule has 1 N–H and O–H groups in total. The molecule has 0 radical (unpaired) electrons. The molecule has 0 aliphatic rings. The van der Waals surface area contributed by atoms with Crippen molar-refractivity contribution in [2.45, 2.75) is 38.3 Å². The van der Waals surface area contributed by atoms with Crippen LogP contribution in [0.25, 0.3) is 0 Å². The summed E-state index contributed by atoms with van der Waals surface area (Å²) in [4.78, 5) is 0. The summed E-state index contributed by atoms with van der Waals surface area (Å²) in [6.45, 7) is 2.99. The molecule has 0 rings (SSSR count). The Bertz CT molecular complexity index is 353. The number of hydrogen-bond acceptors (Lipinski definition) is 3. The summed E-state index contributed by atoms with van der Waals surface area (Å²) in [7, 11) is -3.57. The predicted molar refractivity (Wildman–Crippen MR) is 62.1 cm³/mol. The molecule has 0 saturated heterocycles. The zero-order chi connectivity index (χ0) is 15.2. The van der Waals surface area contributed by atoms with Crippen LogP contribution in [0, 0.1) is 0 Å². The number of alkyl halides is 5. The molecule has 0 spiro atoms. The van der Waals surface area contributed by atoms with Gasteiger partial charge in [0, 0.05) is 6.42 Å². The summed E-state index contributed by atoms with van der Waals surface area (Å²) in [5.41, 5.74) is 0. The summed E-state index contributed by atoms with van der Waals surface area (Å²) in [5, 5.41) is 2.89. The third-order valence-corrected chi connectivity index (χ3v) is 4.24.